The van der Waals surface area contributed by atoms with Crippen LogP contribution in [0.25, 0.3) is 0 Å². The van der Waals surface area contributed by atoms with Gasteiger partial charge in [0, 0.05) is 0 Å². The van der Waals surface area contributed by atoms with Gasteiger partial charge in [0.2, 0.25) is 0 Å². The number of nitrogens with zero attached hydrogens (tertiary/aromatic N) is 1. The van der Waals surface area contributed by atoms with Gasteiger partial charge in [0.25, 0.3) is 0 Å². The van der Waals surface area contributed by atoms with Gasteiger partial charge in [-0.15, -0.1) is 0 Å². The standard InChI is InChI=1S/C14H13NSe/c1-11-6-8-13(9-7-11)15-10-12-4-2-3-5-14(12)16-15/h2-9H,10H2,1H3. The fourth-order valence-corrected chi connectivity index (χ4v) is 4.10. The first-order valence-electron chi connectivity index (χ1n) is 5.43. The molecule has 0 aromatic heterocycles. The van der Waals surface area contributed by atoms with E-state index in [0.717, 1.165) is 6.54 Å². The number of rotatable bonds is 1. The number of hydrogen-bond donors (Lipinski definition) is 0. The van der Waals surface area contributed by atoms with Crippen molar-refractivity contribution in [1.29, 1.82) is 0 Å². The zero-order chi connectivity index (χ0) is 11.0. The molecule has 0 radical (unpaired) electrons. The van der Waals surface area contributed by atoms with Crippen molar-refractivity contribution in [2.75, 3.05) is 3.92 Å². The summed E-state index contributed by atoms with van der Waals surface area (Å²) in [5, 5.41) is 0. The molecule has 1 aliphatic rings. The summed E-state index contributed by atoms with van der Waals surface area (Å²) in [6.45, 7) is 3.20. The third kappa shape index (κ3) is 1.75. The average Bonchev–Trinajstić information content (AvgIpc) is 2.73. The quantitative estimate of drug-likeness (QED) is 0.721. The Labute approximate surface area is 102 Å². The van der Waals surface area contributed by atoms with Crippen LogP contribution >= 0.6 is 0 Å². The molecule has 0 saturated carbocycles. The molecule has 1 aliphatic heterocycles. The monoisotopic (exact) mass is 275 g/mol. The van der Waals surface area contributed by atoms with Gasteiger partial charge in [-0.05, 0) is 0 Å². The number of anilines is 1. The van der Waals surface area contributed by atoms with E-state index in [1.54, 1.807) is 0 Å². The van der Waals surface area contributed by atoms with E-state index < -0.39 is 0 Å². The summed E-state index contributed by atoms with van der Waals surface area (Å²) in [4.78, 5) is 0. The molecule has 0 fully saturated rings. The van der Waals surface area contributed by atoms with E-state index in [-0.39, 0.29) is 0 Å². The molecule has 3 rings (SSSR count). The number of hydrogen-bond acceptors (Lipinski definition) is 1. The van der Waals surface area contributed by atoms with Gasteiger partial charge in [0.05, 0.1) is 0 Å². The fourth-order valence-electron chi connectivity index (χ4n) is 1.88. The van der Waals surface area contributed by atoms with E-state index in [4.69, 9.17) is 0 Å². The van der Waals surface area contributed by atoms with Crippen LogP contribution in [0.3, 0.4) is 0 Å². The van der Waals surface area contributed by atoms with E-state index in [1.165, 1.54) is 21.3 Å². The van der Waals surface area contributed by atoms with Crippen LogP contribution in [0.2, 0.25) is 0 Å². The van der Waals surface area contributed by atoms with E-state index in [2.05, 4.69) is 59.4 Å². The van der Waals surface area contributed by atoms with Crippen molar-refractivity contribution in [3.63, 3.8) is 0 Å². The molecule has 16 heavy (non-hydrogen) atoms. The molecule has 80 valence electrons. The van der Waals surface area contributed by atoms with Crippen LogP contribution in [0.15, 0.2) is 48.5 Å². The first-order chi connectivity index (χ1) is 7.83. The molecule has 0 spiro atoms. The Balaban J connectivity index is 1.88. The summed E-state index contributed by atoms with van der Waals surface area (Å²) in [6.07, 6.45) is 0. The van der Waals surface area contributed by atoms with E-state index in [0.29, 0.717) is 15.2 Å². The summed E-state index contributed by atoms with van der Waals surface area (Å²) >= 11 is 0.450. The predicted octanol–water partition coefficient (Wildman–Crippen LogP) is 2.26. The number of fused-ring (bicyclic) bond motifs is 1. The molecule has 2 aromatic rings. The van der Waals surface area contributed by atoms with Crippen LogP contribution in [0.4, 0.5) is 5.69 Å². The second-order valence-electron chi connectivity index (χ2n) is 4.07. The second-order valence-corrected chi connectivity index (χ2v) is 6.30. The Bertz CT molecular complexity index is 479. The van der Waals surface area contributed by atoms with Gasteiger partial charge in [0.1, 0.15) is 0 Å². The summed E-state index contributed by atoms with van der Waals surface area (Å²) < 4.78 is 4.01. The molecule has 0 N–H and O–H groups in total. The number of aryl methyl sites for hydroxylation is 1. The summed E-state index contributed by atoms with van der Waals surface area (Å²) in [5.41, 5.74) is 4.16. The van der Waals surface area contributed by atoms with Crippen LogP contribution in [-0.4, -0.2) is 15.2 Å². The Kier molecular flexibility index (Phi) is 2.47. The SMILES string of the molecule is Cc1ccc(N2Cc3ccccc3[Se]2)cc1. The topological polar surface area (TPSA) is 3.24 Å². The van der Waals surface area contributed by atoms with Crippen molar-refractivity contribution in [2.45, 2.75) is 13.5 Å². The van der Waals surface area contributed by atoms with Crippen molar-refractivity contribution in [3.8, 4) is 0 Å². The third-order valence-electron chi connectivity index (χ3n) is 2.82. The maximum absolute atomic E-state index is 2.48. The first-order valence-corrected chi connectivity index (χ1v) is 7.05. The molecule has 0 aliphatic carbocycles. The summed E-state index contributed by atoms with van der Waals surface area (Å²) in [7, 11) is 0. The zero-order valence-corrected chi connectivity index (χ0v) is 10.9. The third-order valence-corrected chi connectivity index (χ3v) is 5.24. The van der Waals surface area contributed by atoms with Crippen LogP contribution < -0.4 is 8.38 Å². The molecule has 1 heterocycles. The Morgan fingerprint density at radius 3 is 2.50 bits per heavy atom. The van der Waals surface area contributed by atoms with Crippen molar-refractivity contribution in [2.24, 2.45) is 0 Å². The van der Waals surface area contributed by atoms with Crippen molar-refractivity contribution >= 4 is 25.3 Å². The maximum atomic E-state index is 2.48. The molecule has 0 atom stereocenters. The van der Waals surface area contributed by atoms with Crippen LogP contribution in [-0.2, 0) is 6.54 Å². The van der Waals surface area contributed by atoms with E-state index in [1.807, 2.05) is 0 Å². The van der Waals surface area contributed by atoms with E-state index >= 15 is 0 Å². The van der Waals surface area contributed by atoms with Gasteiger partial charge < -0.3 is 0 Å². The Hall–Kier alpha value is -1.24. The normalized spacial score (nSPS) is 13.9. The van der Waals surface area contributed by atoms with Gasteiger partial charge in [-0.25, -0.2) is 0 Å². The van der Waals surface area contributed by atoms with Crippen LogP contribution in [0.1, 0.15) is 11.1 Å². The Morgan fingerprint density at radius 1 is 1.00 bits per heavy atom. The molecule has 0 saturated heterocycles. The van der Waals surface area contributed by atoms with Gasteiger partial charge in [-0.1, -0.05) is 0 Å². The summed E-state index contributed by atoms with van der Waals surface area (Å²) in [5.74, 6) is 0. The molecule has 0 unspecified atom stereocenters. The van der Waals surface area contributed by atoms with Crippen molar-refractivity contribution < 1.29 is 0 Å². The number of benzene rings is 2. The zero-order valence-electron chi connectivity index (χ0n) is 9.18. The van der Waals surface area contributed by atoms with Gasteiger partial charge >= 0.3 is 102 Å². The van der Waals surface area contributed by atoms with Gasteiger partial charge in [-0.2, -0.15) is 0 Å². The first kappa shape index (κ1) is 9.95. The molecule has 2 heteroatoms. The van der Waals surface area contributed by atoms with Crippen LogP contribution in [0.5, 0.6) is 0 Å². The predicted molar refractivity (Wildman–Crippen MR) is 69.2 cm³/mol. The van der Waals surface area contributed by atoms with Gasteiger partial charge in [-0.3, -0.25) is 0 Å². The molecular weight excluding hydrogens is 261 g/mol. The molecule has 0 amide bonds. The minimum atomic E-state index is 0.450. The van der Waals surface area contributed by atoms with Crippen molar-refractivity contribution in [3.05, 3.63) is 59.7 Å². The fraction of sp³-hybridized carbons (Fsp3) is 0.143. The van der Waals surface area contributed by atoms with Crippen LogP contribution in [0, 0.1) is 6.92 Å². The Morgan fingerprint density at radius 2 is 1.75 bits per heavy atom. The summed E-state index contributed by atoms with van der Waals surface area (Å²) in [6, 6.07) is 17.6. The second kappa shape index (κ2) is 3.97. The molecular formula is C14H13NSe. The molecule has 2 aromatic carbocycles. The minimum absolute atomic E-state index is 0.450. The molecule has 1 nitrogen and oxygen atoms in total. The van der Waals surface area contributed by atoms with Gasteiger partial charge in [0.15, 0.2) is 0 Å². The molecule has 0 bridgehead atoms. The average molecular weight is 274 g/mol. The van der Waals surface area contributed by atoms with E-state index in [9.17, 15) is 0 Å². The van der Waals surface area contributed by atoms with Crippen molar-refractivity contribution in [1.82, 2.24) is 0 Å².